The van der Waals surface area contributed by atoms with E-state index in [-0.39, 0.29) is 0 Å². The topological polar surface area (TPSA) is 12.0 Å². The predicted molar refractivity (Wildman–Crippen MR) is 88.6 cm³/mol. The van der Waals surface area contributed by atoms with Crippen LogP contribution in [-0.2, 0) is 0 Å². The standard InChI is InChI=1S/C17H25Cl2N/c1-3-17(13-8-9-15(18)16(19)10-13)20-11-14-7-5-4-6-12(14)2/h8-10,12,14,17,20H,3-7,11H2,1-2H3. The van der Waals surface area contributed by atoms with Gasteiger partial charge in [-0.2, -0.15) is 0 Å². The van der Waals surface area contributed by atoms with Crippen LogP contribution in [0.1, 0.15) is 57.6 Å². The van der Waals surface area contributed by atoms with Gasteiger partial charge in [-0.3, -0.25) is 0 Å². The van der Waals surface area contributed by atoms with Crippen molar-refractivity contribution < 1.29 is 0 Å². The van der Waals surface area contributed by atoms with Crippen molar-refractivity contribution in [3.8, 4) is 0 Å². The molecule has 1 aliphatic carbocycles. The molecule has 1 saturated carbocycles. The van der Waals surface area contributed by atoms with Crippen LogP contribution in [0.2, 0.25) is 10.0 Å². The van der Waals surface area contributed by atoms with Crippen molar-refractivity contribution in [2.24, 2.45) is 11.8 Å². The maximum Gasteiger partial charge on any atom is 0.0595 e. The fourth-order valence-electron chi connectivity index (χ4n) is 3.22. The molecule has 0 saturated heterocycles. The number of hydrogen-bond acceptors (Lipinski definition) is 1. The Labute approximate surface area is 133 Å². The van der Waals surface area contributed by atoms with Crippen LogP contribution in [0.25, 0.3) is 0 Å². The van der Waals surface area contributed by atoms with Crippen molar-refractivity contribution in [3.05, 3.63) is 33.8 Å². The molecule has 20 heavy (non-hydrogen) atoms. The van der Waals surface area contributed by atoms with Crippen molar-refractivity contribution in [2.45, 2.75) is 52.0 Å². The first-order valence-electron chi connectivity index (χ1n) is 7.80. The molecule has 0 spiro atoms. The van der Waals surface area contributed by atoms with E-state index in [1.165, 1.54) is 31.2 Å². The predicted octanol–water partition coefficient (Wildman–Crippen LogP) is 5.86. The summed E-state index contributed by atoms with van der Waals surface area (Å²) in [5.74, 6) is 1.67. The molecular formula is C17H25Cl2N. The third kappa shape index (κ3) is 4.13. The SMILES string of the molecule is CCC(NCC1CCCCC1C)c1ccc(Cl)c(Cl)c1. The fraction of sp³-hybridized carbons (Fsp3) is 0.647. The Morgan fingerprint density at radius 1 is 1.20 bits per heavy atom. The van der Waals surface area contributed by atoms with Crippen LogP contribution in [0.15, 0.2) is 18.2 Å². The lowest BCUT2D eigenvalue weighted by Crippen LogP contribution is -2.31. The van der Waals surface area contributed by atoms with E-state index in [0.29, 0.717) is 16.1 Å². The highest BCUT2D eigenvalue weighted by molar-refractivity contribution is 6.42. The summed E-state index contributed by atoms with van der Waals surface area (Å²) < 4.78 is 0. The lowest BCUT2D eigenvalue weighted by Gasteiger charge is -2.30. The number of nitrogens with one attached hydrogen (secondary N) is 1. The van der Waals surface area contributed by atoms with Gasteiger partial charge in [0.15, 0.2) is 0 Å². The largest absolute Gasteiger partial charge is 0.310 e. The molecule has 2 rings (SSSR count). The van der Waals surface area contributed by atoms with Crippen LogP contribution in [0, 0.1) is 11.8 Å². The van der Waals surface area contributed by atoms with E-state index in [9.17, 15) is 0 Å². The monoisotopic (exact) mass is 313 g/mol. The number of hydrogen-bond donors (Lipinski definition) is 1. The highest BCUT2D eigenvalue weighted by Crippen LogP contribution is 2.31. The van der Waals surface area contributed by atoms with Crippen molar-refractivity contribution in [1.82, 2.24) is 5.32 Å². The molecule has 112 valence electrons. The average molecular weight is 314 g/mol. The maximum absolute atomic E-state index is 6.13. The molecule has 1 aliphatic rings. The van der Waals surface area contributed by atoms with Gasteiger partial charge in [0.25, 0.3) is 0 Å². The molecule has 1 nitrogen and oxygen atoms in total. The molecule has 0 bridgehead atoms. The minimum absolute atomic E-state index is 0.374. The second-order valence-electron chi connectivity index (χ2n) is 6.06. The number of benzene rings is 1. The van der Waals surface area contributed by atoms with E-state index in [0.717, 1.165) is 24.8 Å². The van der Waals surface area contributed by atoms with E-state index in [2.05, 4.69) is 25.2 Å². The molecule has 3 atom stereocenters. The molecule has 1 fully saturated rings. The lowest BCUT2D eigenvalue weighted by molar-refractivity contribution is 0.240. The van der Waals surface area contributed by atoms with Gasteiger partial charge in [0.2, 0.25) is 0 Å². The van der Waals surface area contributed by atoms with Gasteiger partial charge < -0.3 is 5.32 Å². The zero-order valence-electron chi connectivity index (χ0n) is 12.5. The van der Waals surface area contributed by atoms with Gasteiger partial charge in [-0.25, -0.2) is 0 Å². The molecule has 0 heterocycles. The molecule has 0 amide bonds. The van der Waals surface area contributed by atoms with Gasteiger partial charge in [-0.15, -0.1) is 0 Å². The normalized spacial score (nSPS) is 24.6. The molecule has 0 radical (unpaired) electrons. The van der Waals surface area contributed by atoms with Crippen LogP contribution < -0.4 is 5.32 Å². The summed E-state index contributed by atoms with van der Waals surface area (Å²) in [5, 5.41) is 5.01. The molecule has 0 aromatic heterocycles. The smallest absolute Gasteiger partial charge is 0.0595 e. The Hall–Kier alpha value is -0.240. The van der Waals surface area contributed by atoms with Crippen LogP contribution in [-0.4, -0.2) is 6.54 Å². The van der Waals surface area contributed by atoms with E-state index in [4.69, 9.17) is 23.2 Å². The lowest BCUT2D eigenvalue weighted by atomic mass is 9.80. The third-order valence-electron chi connectivity index (χ3n) is 4.67. The molecule has 3 heteroatoms. The summed E-state index contributed by atoms with van der Waals surface area (Å²) in [6.07, 6.45) is 6.61. The molecule has 3 unspecified atom stereocenters. The van der Waals surface area contributed by atoms with Gasteiger partial charge in [0, 0.05) is 6.04 Å². The average Bonchev–Trinajstić information content (AvgIpc) is 2.45. The Balaban J connectivity index is 1.96. The van der Waals surface area contributed by atoms with Gasteiger partial charge in [0.05, 0.1) is 10.0 Å². The van der Waals surface area contributed by atoms with Gasteiger partial charge in [0.1, 0.15) is 0 Å². The first kappa shape index (κ1) is 16.1. The van der Waals surface area contributed by atoms with Crippen LogP contribution in [0.3, 0.4) is 0 Å². The van der Waals surface area contributed by atoms with Crippen LogP contribution in [0.4, 0.5) is 0 Å². The summed E-state index contributed by atoms with van der Waals surface area (Å²) in [6.45, 7) is 5.72. The van der Waals surface area contributed by atoms with Crippen molar-refractivity contribution >= 4 is 23.2 Å². The second kappa shape index (κ2) is 7.68. The zero-order valence-corrected chi connectivity index (χ0v) is 14.0. The van der Waals surface area contributed by atoms with Crippen LogP contribution >= 0.6 is 23.2 Å². The molecular weight excluding hydrogens is 289 g/mol. The molecule has 1 aromatic rings. The minimum Gasteiger partial charge on any atom is -0.310 e. The van der Waals surface area contributed by atoms with Gasteiger partial charge >= 0.3 is 0 Å². The Morgan fingerprint density at radius 2 is 1.95 bits per heavy atom. The van der Waals surface area contributed by atoms with Crippen molar-refractivity contribution in [2.75, 3.05) is 6.54 Å². The first-order valence-corrected chi connectivity index (χ1v) is 8.55. The van der Waals surface area contributed by atoms with Gasteiger partial charge in [-0.05, 0) is 48.9 Å². The Morgan fingerprint density at radius 3 is 2.60 bits per heavy atom. The van der Waals surface area contributed by atoms with Crippen molar-refractivity contribution in [1.29, 1.82) is 0 Å². The van der Waals surface area contributed by atoms with E-state index >= 15 is 0 Å². The molecule has 1 aromatic carbocycles. The fourth-order valence-corrected chi connectivity index (χ4v) is 3.52. The summed E-state index contributed by atoms with van der Waals surface area (Å²) in [7, 11) is 0. The minimum atomic E-state index is 0.374. The second-order valence-corrected chi connectivity index (χ2v) is 6.88. The van der Waals surface area contributed by atoms with Crippen LogP contribution in [0.5, 0.6) is 0 Å². The maximum atomic E-state index is 6.13. The van der Waals surface area contributed by atoms with E-state index in [1.54, 1.807) is 0 Å². The third-order valence-corrected chi connectivity index (χ3v) is 5.41. The summed E-state index contributed by atoms with van der Waals surface area (Å²) >= 11 is 12.1. The number of rotatable bonds is 5. The highest BCUT2D eigenvalue weighted by atomic mass is 35.5. The Bertz CT molecular complexity index is 433. The van der Waals surface area contributed by atoms with E-state index < -0.39 is 0 Å². The summed E-state index contributed by atoms with van der Waals surface area (Å²) in [6, 6.07) is 6.35. The highest BCUT2D eigenvalue weighted by Gasteiger charge is 2.22. The summed E-state index contributed by atoms with van der Waals surface area (Å²) in [4.78, 5) is 0. The zero-order chi connectivity index (χ0) is 14.5. The van der Waals surface area contributed by atoms with Crippen molar-refractivity contribution in [3.63, 3.8) is 0 Å². The number of halogens is 2. The molecule has 0 aliphatic heterocycles. The molecule has 1 N–H and O–H groups in total. The van der Waals surface area contributed by atoms with E-state index in [1.807, 2.05) is 12.1 Å². The summed E-state index contributed by atoms with van der Waals surface area (Å²) in [5.41, 5.74) is 1.24. The quantitative estimate of drug-likeness (QED) is 0.717. The first-order chi connectivity index (χ1) is 9.61. The Kier molecular flexibility index (Phi) is 6.20. The van der Waals surface area contributed by atoms with Gasteiger partial charge in [-0.1, -0.05) is 62.4 Å².